The Balaban J connectivity index is 1.53. The maximum Gasteiger partial charge on any atom is 0.263 e. The number of anilines is 4. The molecule has 0 saturated carbocycles. The van der Waals surface area contributed by atoms with E-state index in [1.807, 2.05) is 7.05 Å². The molecule has 1 aromatic heterocycles. The SMILES string of the molecule is CN[C@@H]1CCCN(c2cc(F)ccc2Nc2ccc(S(=O)(=O)Nc3cscn3)cc2)C1. The van der Waals surface area contributed by atoms with Crippen molar-refractivity contribution in [2.45, 2.75) is 23.8 Å². The van der Waals surface area contributed by atoms with Gasteiger partial charge < -0.3 is 15.5 Å². The number of halogens is 1. The van der Waals surface area contributed by atoms with Gasteiger partial charge in [0.2, 0.25) is 0 Å². The Hall–Kier alpha value is -2.69. The fraction of sp³-hybridized carbons (Fsp3) is 0.286. The maximum absolute atomic E-state index is 14.0. The van der Waals surface area contributed by atoms with Crippen molar-refractivity contribution in [3.05, 3.63) is 59.2 Å². The van der Waals surface area contributed by atoms with Crippen molar-refractivity contribution in [3.8, 4) is 0 Å². The minimum Gasteiger partial charge on any atom is -0.368 e. The Kier molecular flexibility index (Phi) is 6.40. The maximum atomic E-state index is 14.0. The van der Waals surface area contributed by atoms with Crippen LogP contribution in [0.4, 0.5) is 27.3 Å². The van der Waals surface area contributed by atoms with Gasteiger partial charge in [0, 0.05) is 30.2 Å². The fourth-order valence-corrected chi connectivity index (χ4v) is 5.19. The summed E-state index contributed by atoms with van der Waals surface area (Å²) in [6.07, 6.45) is 2.12. The van der Waals surface area contributed by atoms with E-state index in [1.165, 1.54) is 35.6 Å². The predicted molar refractivity (Wildman–Crippen MR) is 123 cm³/mol. The molecule has 31 heavy (non-hydrogen) atoms. The molecule has 0 radical (unpaired) electrons. The zero-order valence-corrected chi connectivity index (χ0v) is 18.6. The zero-order valence-electron chi connectivity index (χ0n) is 17.0. The van der Waals surface area contributed by atoms with Crippen LogP contribution in [0.5, 0.6) is 0 Å². The van der Waals surface area contributed by atoms with Gasteiger partial charge in [-0.15, -0.1) is 11.3 Å². The molecule has 3 aromatic rings. The molecule has 2 aromatic carbocycles. The van der Waals surface area contributed by atoms with Crippen LogP contribution in [0.1, 0.15) is 12.8 Å². The van der Waals surface area contributed by atoms with Crippen LogP contribution in [0.3, 0.4) is 0 Å². The highest BCUT2D eigenvalue weighted by molar-refractivity contribution is 7.92. The highest BCUT2D eigenvalue weighted by Gasteiger charge is 2.21. The molecule has 1 atom stereocenters. The molecule has 3 N–H and O–H groups in total. The van der Waals surface area contributed by atoms with E-state index in [2.05, 4.69) is 25.2 Å². The number of benzene rings is 2. The summed E-state index contributed by atoms with van der Waals surface area (Å²) in [4.78, 5) is 6.26. The number of aromatic nitrogens is 1. The van der Waals surface area contributed by atoms with Crippen molar-refractivity contribution in [3.63, 3.8) is 0 Å². The first kappa shape index (κ1) is 21.5. The van der Waals surface area contributed by atoms with Crippen LogP contribution < -0.4 is 20.3 Å². The van der Waals surface area contributed by atoms with Crippen LogP contribution in [0.25, 0.3) is 0 Å². The number of likely N-dealkylation sites (N-methyl/N-ethyl adjacent to an activating group) is 1. The van der Waals surface area contributed by atoms with E-state index in [-0.39, 0.29) is 10.7 Å². The third-order valence-electron chi connectivity index (χ3n) is 5.24. The third-order valence-corrected chi connectivity index (χ3v) is 7.20. The van der Waals surface area contributed by atoms with Gasteiger partial charge in [-0.1, -0.05) is 0 Å². The van der Waals surface area contributed by atoms with Crippen LogP contribution in [-0.2, 0) is 10.0 Å². The molecule has 1 aliphatic heterocycles. The van der Waals surface area contributed by atoms with Gasteiger partial charge in [0.1, 0.15) is 5.82 Å². The number of sulfonamides is 1. The highest BCUT2D eigenvalue weighted by Crippen LogP contribution is 2.32. The third kappa shape index (κ3) is 5.15. The molecule has 0 amide bonds. The lowest BCUT2D eigenvalue weighted by atomic mass is 10.0. The number of nitrogens with one attached hydrogen (secondary N) is 3. The largest absolute Gasteiger partial charge is 0.368 e. The number of rotatable bonds is 7. The minimum atomic E-state index is -3.71. The first-order valence-electron chi connectivity index (χ1n) is 9.94. The van der Waals surface area contributed by atoms with Gasteiger partial charge in [0.05, 0.1) is 21.8 Å². The van der Waals surface area contributed by atoms with Crippen molar-refractivity contribution in [1.82, 2.24) is 10.3 Å². The van der Waals surface area contributed by atoms with Crippen LogP contribution in [-0.4, -0.2) is 39.6 Å². The first-order chi connectivity index (χ1) is 14.9. The molecular formula is C21H24FN5O2S2. The van der Waals surface area contributed by atoms with Crippen molar-refractivity contribution < 1.29 is 12.8 Å². The predicted octanol–water partition coefficient (Wildman–Crippen LogP) is 4.01. The van der Waals surface area contributed by atoms with Gasteiger partial charge in [-0.3, -0.25) is 4.72 Å². The molecule has 4 rings (SSSR count). The topological polar surface area (TPSA) is 86.4 Å². The number of thiazole rings is 1. The summed E-state index contributed by atoms with van der Waals surface area (Å²) in [5.74, 6) is 0.00578. The molecule has 2 heterocycles. The highest BCUT2D eigenvalue weighted by atomic mass is 32.2. The second-order valence-corrected chi connectivity index (χ2v) is 9.76. The van der Waals surface area contributed by atoms with Crippen molar-refractivity contribution in [1.29, 1.82) is 0 Å². The monoisotopic (exact) mass is 461 g/mol. The van der Waals surface area contributed by atoms with E-state index in [0.717, 1.165) is 37.3 Å². The summed E-state index contributed by atoms with van der Waals surface area (Å²) in [7, 11) is -1.77. The van der Waals surface area contributed by atoms with E-state index < -0.39 is 10.0 Å². The Bertz CT molecular complexity index is 1120. The Labute approximate surface area is 185 Å². The number of hydrogen-bond donors (Lipinski definition) is 3. The standard InChI is InChI=1S/C21H24FN5O2S2/c1-23-17-3-2-10-27(12-17)20-11-15(22)4-9-19(20)25-16-5-7-18(8-6-16)31(28,29)26-21-13-30-14-24-21/h4-9,11,13-14,17,23,25-26H,2-3,10,12H2,1H3/t17-/m1/s1. The summed E-state index contributed by atoms with van der Waals surface area (Å²) < 4.78 is 41.5. The van der Waals surface area contributed by atoms with Crippen LogP contribution >= 0.6 is 11.3 Å². The molecule has 0 bridgehead atoms. The molecule has 7 nitrogen and oxygen atoms in total. The van der Waals surface area contributed by atoms with Crippen LogP contribution in [0.15, 0.2) is 58.3 Å². The molecule has 164 valence electrons. The molecule has 1 fully saturated rings. The minimum absolute atomic E-state index is 0.137. The van der Waals surface area contributed by atoms with Gasteiger partial charge in [0.25, 0.3) is 10.0 Å². The number of hydrogen-bond acceptors (Lipinski definition) is 7. The molecule has 0 spiro atoms. The van der Waals surface area contributed by atoms with E-state index in [1.54, 1.807) is 29.1 Å². The fourth-order valence-electron chi connectivity index (χ4n) is 3.64. The van der Waals surface area contributed by atoms with Crippen LogP contribution in [0.2, 0.25) is 0 Å². The summed E-state index contributed by atoms with van der Waals surface area (Å²) in [6, 6.07) is 11.5. The second-order valence-electron chi connectivity index (χ2n) is 7.36. The van der Waals surface area contributed by atoms with Crippen LogP contribution in [0, 0.1) is 5.82 Å². The van der Waals surface area contributed by atoms with Crippen molar-refractivity contribution in [2.24, 2.45) is 0 Å². The lowest BCUT2D eigenvalue weighted by Crippen LogP contribution is -2.44. The molecule has 1 saturated heterocycles. The molecule has 0 unspecified atom stereocenters. The van der Waals surface area contributed by atoms with E-state index in [4.69, 9.17) is 0 Å². The molecular weight excluding hydrogens is 437 g/mol. The summed E-state index contributed by atoms with van der Waals surface area (Å²) in [5.41, 5.74) is 3.84. The van der Waals surface area contributed by atoms with Gasteiger partial charge in [-0.05, 0) is 62.4 Å². The van der Waals surface area contributed by atoms with Gasteiger partial charge >= 0.3 is 0 Å². The Morgan fingerprint density at radius 1 is 1.19 bits per heavy atom. The zero-order chi connectivity index (χ0) is 21.8. The molecule has 1 aliphatic rings. The average molecular weight is 462 g/mol. The summed E-state index contributed by atoms with van der Waals surface area (Å²) in [6.45, 7) is 1.66. The van der Waals surface area contributed by atoms with Crippen molar-refractivity contribution in [2.75, 3.05) is 35.1 Å². The summed E-state index contributed by atoms with van der Waals surface area (Å²) in [5, 5.41) is 8.23. The van der Waals surface area contributed by atoms with Gasteiger partial charge in [0.15, 0.2) is 5.82 Å². The quantitative estimate of drug-likeness (QED) is 0.493. The Morgan fingerprint density at radius 2 is 2.00 bits per heavy atom. The molecule has 0 aliphatic carbocycles. The number of piperidine rings is 1. The van der Waals surface area contributed by atoms with E-state index in [9.17, 15) is 12.8 Å². The lowest BCUT2D eigenvalue weighted by molar-refractivity contribution is 0.449. The smallest absolute Gasteiger partial charge is 0.263 e. The van der Waals surface area contributed by atoms with E-state index in [0.29, 0.717) is 17.5 Å². The molecule has 10 heteroatoms. The van der Waals surface area contributed by atoms with E-state index >= 15 is 0 Å². The second kappa shape index (κ2) is 9.21. The normalized spacial score (nSPS) is 16.8. The van der Waals surface area contributed by atoms with Gasteiger partial charge in [-0.25, -0.2) is 17.8 Å². The Morgan fingerprint density at radius 3 is 2.71 bits per heavy atom. The average Bonchev–Trinajstić information content (AvgIpc) is 3.28. The van der Waals surface area contributed by atoms with Crippen molar-refractivity contribution >= 4 is 44.2 Å². The summed E-state index contributed by atoms with van der Waals surface area (Å²) >= 11 is 1.31. The van der Waals surface area contributed by atoms with Gasteiger partial charge in [-0.2, -0.15) is 0 Å². The number of nitrogens with zero attached hydrogens (tertiary/aromatic N) is 2. The first-order valence-corrected chi connectivity index (χ1v) is 12.4. The lowest BCUT2D eigenvalue weighted by Gasteiger charge is -2.35.